The molecule has 0 heterocycles. The number of rotatable bonds is 7. The summed E-state index contributed by atoms with van der Waals surface area (Å²) in [7, 11) is 3.79. The first-order valence-electron chi connectivity index (χ1n) is 7.91. The van der Waals surface area contributed by atoms with E-state index in [1.54, 1.807) is 7.05 Å². The summed E-state index contributed by atoms with van der Waals surface area (Å²) in [6.07, 6.45) is 0. The van der Waals surface area contributed by atoms with Crippen molar-refractivity contribution >= 4 is 5.91 Å². The third-order valence-corrected chi connectivity index (χ3v) is 3.83. The van der Waals surface area contributed by atoms with E-state index < -0.39 is 0 Å². The highest BCUT2D eigenvalue weighted by Gasteiger charge is 2.07. The van der Waals surface area contributed by atoms with Crippen molar-refractivity contribution in [3.05, 3.63) is 65.2 Å². The number of amides is 1. The van der Waals surface area contributed by atoms with E-state index in [9.17, 15) is 4.79 Å². The molecule has 23 heavy (non-hydrogen) atoms. The van der Waals surface area contributed by atoms with Crippen LogP contribution in [0, 0.1) is 6.92 Å². The molecule has 0 aliphatic rings. The number of benzene rings is 2. The fourth-order valence-electron chi connectivity index (χ4n) is 2.41. The van der Waals surface area contributed by atoms with Crippen LogP contribution in [0.15, 0.2) is 48.5 Å². The fourth-order valence-corrected chi connectivity index (χ4v) is 2.41. The van der Waals surface area contributed by atoms with Crippen molar-refractivity contribution in [2.75, 3.05) is 27.2 Å². The van der Waals surface area contributed by atoms with Gasteiger partial charge in [-0.1, -0.05) is 30.3 Å². The van der Waals surface area contributed by atoms with Gasteiger partial charge in [-0.3, -0.25) is 4.79 Å². The van der Waals surface area contributed by atoms with Crippen LogP contribution >= 0.6 is 0 Å². The molecule has 0 bridgehead atoms. The van der Waals surface area contributed by atoms with Crippen LogP contribution in [0.1, 0.15) is 21.5 Å². The van der Waals surface area contributed by atoms with E-state index in [2.05, 4.69) is 25.4 Å². The minimum Gasteiger partial charge on any atom is -0.487 e. The number of nitrogens with one attached hydrogen (secondary N) is 2. The second-order valence-electron chi connectivity index (χ2n) is 5.77. The highest BCUT2D eigenvalue weighted by molar-refractivity contribution is 5.93. The molecular weight excluding hydrogens is 288 g/mol. The molecule has 0 radical (unpaired) electrons. The fraction of sp³-hybridized carbons (Fsp3) is 0.316. The van der Waals surface area contributed by atoms with Gasteiger partial charge in [0.05, 0.1) is 7.05 Å². The van der Waals surface area contributed by atoms with E-state index in [-0.39, 0.29) is 5.91 Å². The highest BCUT2D eigenvalue weighted by atomic mass is 16.5. The Kier molecular flexibility index (Phi) is 6.18. The minimum atomic E-state index is -0.0520. The van der Waals surface area contributed by atoms with Crippen LogP contribution in [0.4, 0.5) is 0 Å². The predicted molar refractivity (Wildman–Crippen MR) is 92.0 cm³/mol. The number of likely N-dealkylation sites (N-methyl/N-ethyl adjacent to an activating group) is 1. The molecule has 122 valence electrons. The number of carbonyl (C=O) groups excluding carboxylic acids is 1. The van der Waals surface area contributed by atoms with Crippen molar-refractivity contribution < 1.29 is 14.4 Å². The SMILES string of the molecule is CNC(=O)c1ccc(C[NH+](C)CCOc2ccccc2C)cc1. The summed E-state index contributed by atoms with van der Waals surface area (Å²) in [6, 6.07) is 15.8. The number of ether oxygens (including phenoxy) is 1. The molecule has 1 unspecified atom stereocenters. The zero-order chi connectivity index (χ0) is 16.7. The van der Waals surface area contributed by atoms with Gasteiger partial charge in [-0.2, -0.15) is 0 Å². The van der Waals surface area contributed by atoms with Crippen LogP contribution in [0.5, 0.6) is 5.75 Å². The van der Waals surface area contributed by atoms with E-state index >= 15 is 0 Å². The van der Waals surface area contributed by atoms with Gasteiger partial charge in [0.25, 0.3) is 5.91 Å². The van der Waals surface area contributed by atoms with Crippen LogP contribution in [0.2, 0.25) is 0 Å². The quantitative estimate of drug-likeness (QED) is 0.812. The number of para-hydroxylation sites is 1. The van der Waals surface area contributed by atoms with Gasteiger partial charge in [-0.25, -0.2) is 0 Å². The van der Waals surface area contributed by atoms with Crippen molar-refractivity contribution in [1.82, 2.24) is 5.32 Å². The molecular formula is C19H25N2O2+. The number of quaternary nitrogens is 1. The molecule has 2 aromatic carbocycles. The Bertz CT molecular complexity index is 638. The maximum atomic E-state index is 11.5. The van der Waals surface area contributed by atoms with Crippen molar-refractivity contribution in [3.63, 3.8) is 0 Å². The van der Waals surface area contributed by atoms with Crippen LogP contribution in [-0.4, -0.2) is 33.2 Å². The van der Waals surface area contributed by atoms with Gasteiger partial charge in [-0.05, 0) is 30.7 Å². The Morgan fingerprint density at radius 2 is 1.83 bits per heavy atom. The summed E-state index contributed by atoms with van der Waals surface area (Å²) in [4.78, 5) is 12.9. The molecule has 0 spiro atoms. The maximum absolute atomic E-state index is 11.5. The van der Waals surface area contributed by atoms with Crippen molar-refractivity contribution in [3.8, 4) is 5.75 Å². The number of aryl methyl sites for hydroxylation is 1. The lowest BCUT2D eigenvalue weighted by molar-refractivity contribution is -0.893. The molecule has 0 aliphatic heterocycles. The number of hydrogen-bond donors (Lipinski definition) is 2. The zero-order valence-electron chi connectivity index (χ0n) is 14.1. The monoisotopic (exact) mass is 313 g/mol. The largest absolute Gasteiger partial charge is 0.487 e. The second kappa shape index (κ2) is 8.34. The molecule has 0 fully saturated rings. The lowest BCUT2D eigenvalue weighted by Crippen LogP contribution is -3.08. The highest BCUT2D eigenvalue weighted by Crippen LogP contribution is 2.15. The molecule has 0 saturated carbocycles. The van der Waals surface area contributed by atoms with Gasteiger partial charge in [0.1, 0.15) is 25.4 Å². The van der Waals surface area contributed by atoms with Crippen LogP contribution < -0.4 is 15.0 Å². The maximum Gasteiger partial charge on any atom is 0.251 e. The Hall–Kier alpha value is -2.33. The predicted octanol–water partition coefficient (Wildman–Crippen LogP) is 1.45. The molecule has 4 heteroatoms. The standard InChI is InChI=1S/C19H24N2O2/c1-15-6-4-5-7-18(15)23-13-12-21(3)14-16-8-10-17(11-9-16)19(22)20-2/h4-11H,12-14H2,1-3H3,(H,20,22)/p+1. The van der Waals surface area contributed by atoms with Gasteiger partial charge in [0.15, 0.2) is 0 Å². The lowest BCUT2D eigenvalue weighted by Gasteiger charge is -2.15. The average molecular weight is 313 g/mol. The van der Waals surface area contributed by atoms with E-state index in [4.69, 9.17) is 4.74 Å². The molecule has 0 aromatic heterocycles. The van der Waals surface area contributed by atoms with E-state index in [0.29, 0.717) is 12.2 Å². The van der Waals surface area contributed by atoms with Gasteiger partial charge in [0, 0.05) is 18.2 Å². The van der Waals surface area contributed by atoms with Crippen molar-refractivity contribution in [2.24, 2.45) is 0 Å². The van der Waals surface area contributed by atoms with Crippen molar-refractivity contribution in [2.45, 2.75) is 13.5 Å². The lowest BCUT2D eigenvalue weighted by atomic mass is 10.1. The van der Waals surface area contributed by atoms with Gasteiger partial charge in [-0.15, -0.1) is 0 Å². The molecule has 2 aromatic rings. The summed E-state index contributed by atoms with van der Waals surface area (Å²) in [5, 5.41) is 2.63. The first kappa shape index (κ1) is 17.0. The van der Waals surface area contributed by atoms with Crippen molar-refractivity contribution in [1.29, 1.82) is 0 Å². The first-order chi connectivity index (χ1) is 11.1. The Balaban J connectivity index is 1.79. The molecule has 1 atom stereocenters. The smallest absolute Gasteiger partial charge is 0.251 e. The van der Waals surface area contributed by atoms with Crippen LogP contribution in [-0.2, 0) is 6.54 Å². The molecule has 2 rings (SSSR count). The Labute approximate surface area is 138 Å². The van der Waals surface area contributed by atoms with E-state index in [1.807, 2.05) is 42.5 Å². The van der Waals surface area contributed by atoms with E-state index in [1.165, 1.54) is 10.5 Å². The number of hydrogen-bond acceptors (Lipinski definition) is 2. The average Bonchev–Trinajstić information content (AvgIpc) is 2.56. The zero-order valence-corrected chi connectivity index (χ0v) is 14.1. The summed E-state index contributed by atoms with van der Waals surface area (Å²) in [6.45, 7) is 4.57. The molecule has 4 nitrogen and oxygen atoms in total. The van der Waals surface area contributed by atoms with Gasteiger partial charge >= 0.3 is 0 Å². The summed E-state index contributed by atoms with van der Waals surface area (Å²) in [5.41, 5.74) is 3.07. The normalized spacial score (nSPS) is 11.8. The van der Waals surface area contributed by atoms with Gasteiger partial charge in [0.2, 0.25) is 0 Å². The van der Waals surface area contributed by atoms with Crippen LogP contribution in [0.3, 0.4) is 0 Å². The Morgan fingerprint density at radius 3 is 2.48 bits per heavy atom. The summed E-state index contributed by atoms with van der Waals surface area (Å²) < 4.78 is 5.84. The minimum absolute atomic E-state index is 0.0520. The Morgan fingerprint density at radius 1 is 1.13 bits per heavy atom. The molecule has 0 aliphatic carbocycles. The molecule has 0 saturated heterocycles. The molecule has 1 amide bonds. The summed E-state index contributed by atoms with van der Waals surface area (Å²) in [5.74, 6) is 0.902. The number of carbonyl (C=O) groups is 1. The summed E-state index contributed by atoms with van der Waals surface area (Å²) >= 11 is 0. The second-order valence-corrected chi connectivity index (χ2v) is 5.77. The molecule has 2 N–H and O–H groups in total. The third-order valence-electron chi connectivity index (χ3n) is 3.83. The topological polar surface area (TPSA) is 42.8 Å². The van der Waals surface area contributed by atoms with Crippen LogP contribution in [0.25, 0.3) is 0 Å². The van der Waals surface area contributed by atoms with Gasteiger partial charge < -0.3 is 15.0 Å². The third kappa shape index (κ3) is 5.11. The first-order valence-corrected chi connectivity index (χ1v) is 7.91. The van der Waals surface area contributed by atoms with E-state index in [0.717, 1.165) is 24.4 Å².